The SMILES string of the molecule is CCOCC(C)Nc1cc(Br)cc(OC)c1. The quantitative estimate of drug-likeness (QED) is 0.871. The van der Waals surface area contributed by atoms with Gasteiger partial charge in [0.25, 0.3) is 0 Å². The number of methoxy groups -OCH3 is 1. The van der Waals surface area contributed by atoms with Crippen LogP contribution in [0.5, 0.6) is 5.75 Å². The van der Waals surface area contributed by atoms with Crippen LogP contribution < -0.4 is 10.1 Å². The molecule has 0 aliphatic carbocycles. The molecule has 3 nitrogen and oxygen atoms in total. The van der Waals surface area contributed by atoms with E-state index in [-0.39, 0.29) is 6.04 Å². The maximum absolute atomic E-state index is 5.35. The average molecular weight is 288 g/mol. The van der Waals surface area contributed by atoms with Crippen LogP contribution in [0.1, 0.15) is 13.8 Å². The lowest BCUT2D eigenvalue weighted by Crippen LogP contribution is -2.21. The molecule has 4 heteroatoms. The van der Waals surface area contributed by atoms with E-state index in [1.807, 2.05) is 25.1 Å². The topological polar surface area (TPSA) is 30.5 Å². The number of anilines is 1. The van der Waals surface area contributed by atoms with E-state index in [0.717, 1.165) is 22.5 Å². The fourth-order valence-electron chi connectivity index (χ4n) is 1.38. The van der Waals surface area contributed by atoms with Crippen LogP contribution in [0.25, 0.3) is 0 Å². The summed E-state index contributed by atoms with van der Waals surface area (Å²) >= 11 is 3.45. The summed E-state index contributed by atoms with van der Waals surface area (Å²) in [4.78, 5) is 0. The first-order valence-corrected chi connectivity index (χ1v) is 6.14. The van der Waals surface area contributed by atoms with Gasteiger partial charge >= 0.3 is 0 Å². The first kappa shape index (κ1) is 13.3. The van der Waals surface area contributed by atoms with Crippen molar-refractivity contribution in [3.63, 3.8) is 0 Å². The lowest BCUT2D eigenvalue weighted by Gasteiger charge is -2.16. The Balaban J connectivity index is 2.61. The summed E-state index contributed by atoms with van der Waals surface area (Å²) in [7, 11) is 1.66. The highest BCUT2D eigenvalue weighted by molar-refractivity contribution is 9.10. The molecule has 16 heavy (non-hydrogen) atoms. The second-order valence-corrected chi connectivity index (χ2v) is 4.50. The van der Waals surface area contributed by atoms with E-state index in [2.05, 4.69) is 28.2 Å². The minimum absolute atomic E-state index is 0.277. The van der Waals surface area contributed by atoms with Gasteiger partial charge in [0.15, 0.2) is 0 Å². The zero-order chi connectivity index (χ0) is 12.0. The van der Waals surface area contributed by atoms with Crippen molar-refractivity contribution in [1.82, 2.24) is 0 Å². The molecule has 0 amide bonds. The van der Waals surface area contributed by atoms with Crippen molar-refractivity contribution in [2.45, 2.75) is 19.9 Å². The number of hydrogen-bond acceptors (Lipinski definition) is 3. The fraction of sp³-hybridized carbons (Fsp3) is 0.500. The van der Waals surface area contributed by atoms with Crippen LogP contribution in [0.2, 0.25) is 0 Å². The molecule has 0 saturated carbocycles. The Morgan fingerprint density at radius 1 is 1.38 bits per heavy atom. The van der Waals surface area contributed by atoms with Gasteiger partial charge in [0.2, 0.25) is 0 Å². The monoisotopic (exact) mass is 287 g/mol. The first-order chi connectivity index (χ1) is 7.65. The van der Waals surface area contributed by atoms with Crippen molar-refractivity contribution < 1.29 is 9.47 Å². The van der Waals surface area contributed by atoms with Crippen LogP contribution in [0.4, 0.5) is 5.69 Å². The van der Waals surface area contributed by atoms with Gasteiger partial charge in [-0.15, -0.1) is 0 Å². The molecule has 1 N–H and O–H groups in total. The van der Waals surface area contributed by atoms with Gasteiger partial charge in [-0.25, -0.2) is 0 Å². The molecule has 0 fully saturated rings. The Labute approximate surface area is 105 Å². The van der Waals surface area contributed by atoms with Crippen molar-refractivity contribution in [3.05, 3.63) is 22.7 Å². The summed E-state index contributed by atoms with van der Waals surface area (Å²) in [5.41, 5.74) is 1.03. The van der Waals surface area contributed by atoms with Crippen LogP contribution >= 0.6 is 15.9 Å². The summed E-state index contributed by atoms with van der Waals surface area (Å²) in [6.07, 6.45) is 0. The Bertz CT molecular complexity index is 331. The number of hydrogen-bond donors (Lipinski definition) is 1. The summed E-state index contributed by atoms with van der Waals surface area (Å²) in [5.74, 6) is 0.834. The number of benzene rings is 1. The highest BCUT2D eigenvalue weighted by atomic mass is 79.9. The highest BCUT2D eigenvalue weighted by Gasteiger charge is 2.04. The normalized spacial score (nSPS) is 12.2. The van der Waals surface area contributed by atoms with Crippen molar-refractivity contribution in [2.75, 3.05) is 25.6 Å². The molecule has 1 atom stereocenters. The molecule has 1 rings (SSSR count). The number of halogens is 1. The standard InChI is InChI=1S/C12H18BrNO2/c1-4-16-8-9(2)14-11-5-10(13)6-12(7-11)15-3/h5-7,9,14H,4,8H2,1-3H3. The van der Waals surface area contributed by atoms with E-state index in [1.165, 1.54) is 0 Å². The Hall–Kier alpha value is -0.740. The molecule has 90 valence electrons. The first-order valence-electron chi connectivity index (χ1n) is 5.34. The number of rotatable bonds is 6. The fourth-order valence-corrected chi connectivity index (χ4v) is 1.86. The van der Waals surface area contributed by atoms with E-state index in [0.29, 0.717) is 6.61 Å². The van der Waals surface area contributed by atoms with Crippen LogP contribution in [-0.2, 0) is 4.74 Å². The Morgan fingerprint density at radius 3 is 2.75 bits per heavy atom. The maximum atomic E-state index is 5.35. The van der Waals surface area contributed by atoms with Crippen LogP contribution in [0.15, 0.2) is 22.7 Å². The van der Waals surface area contributed by atoms with Crippen molar-refractivity contribution >= 4 is 21.6 Å². The Kier molecular flexibility index (Phi) is 5.63. The predicted octanol–water partition coefficient (Wildman–Crippen LogP) is 3.29. The highest BCUT2D eigenvalue weighted by Crippen LogP contribution is 2.24. The van der Waals surface area contributed by atoms with Gasteiger partial charge in [-0.2, -0.15) is 0 Å². The van der Waals surface area contributed by atoms with Crippen molar-refractivity contribution in [2.24, 2.45) is 0 Å². The molecule has 1 unspecified atom stereocenters. The van der Waals surface area contributed by atoms with E-state index in [4.69, 9.17) is 9.47 Å². The lowest BCUT2D eigenvalue weighted by molar-refractivity contribution is 0.141. The smallest absolute Gasteiger partial charge is 0.122 e. The van der Waals surface area contributed by atoms with Gasteiger partial charge in [-0.05, 0) is 26.0 Å². The van der Waals surface area contributed by atoms with Crippen molar-refractivity contribution in [3.8, 4) is 5.75 Å². The molecule has 0 spiro atoms. The molecule has 0 aliphatic rings. The molecular weight excluding hydrogens is 270 g/mol. The lowest BCUT2D eigenvalue weighted by atomic mass is 10.2. The molecule has 1 aromatic carbocycles. The van der Waals surface area contributed by atoms with Crippen LogP contribution in [0.3, 0.4) is 0 Å². The molecule has 0 saturated heterocycles. The minimum atomic E-state index is 0.277. The van der Waals surface area contributed by atoms with Crippen LogP contribution in [-0.4, -0.2) is 26.4 Å². The van der Waals surface area contributed by atoms with Gasteiger partial charge in [0.1, 0.15) is 5.75 Å². The summed E-state index contributed by atoms with van der Waals surface area (Å²) in [6.45, 7) is 5.52. The Morgan fingerprint density at radius 2 is 2.12 bits per heavy atom. The van der Waals surface area contributed by atoms with Gasteiger partial charge in [-0.1, -0.05) is 15.9 Å². The van der Waals surface area contributed by atoms with Crippen LogP contribution in [0, 0.1) is 0 Å². The molecule has 0 aliphatic heterocycles. The molecule has 1 aromatic rings. The summed E-state index contributed by atoms with van der Waals surface area (Å²) in [6, 6.07) is 6.19. The van der Waals surface area contributed by atoms with Gasteiger partial charge in [0.05, 0.1) is 13.7 Å². The van der Waals surface area contributed by atoms with E-state index < -0.39 is 0 Å². The zero-order valence-electron chi connectivity index (χ0n) is 9.92. The molecular formula is C12H18BrNO2. The van der Waals surface area contributed by atoms with Gasteiger partial charge in [-0.3, -0.25) is 0 Å². The summed E-state index contributed by atoms with van der Waals surface area (Å²) < 4.78 is 11.5. The molecule has 0 heterocycles. The second-order valence-electron chi connectivity index (χ2n) is 3.58. The largest absolute Gasteiger partial charge is 0.497 e. The third-order valence-corrected chi connectivity index (χ3v) is 2.55. The summed E-state index contributed by atoms with van der Waals surface area (Å²) in [5, 5.41) is 3.36. The maximum Gasteiger partial charge on any atom is 0.122 e. The van der Waals surface area contributed by atoms with E-state index in [9.17, 15) is 0 Å². The average Bonchev–Trinajstić information content (AvgIpc) is 2.25. The third-order valence-electron chi connectivity index (χ3n) is 2.09. The number of ether oxygens (including phenoxy) is 2. The number of nitrogens with one attached hydrogen (secondary N) is 1. The molecule has 0 radical (unpaired) electrons. The third kappa shape index (κ3) is 4.41. The van der Waals surface area contributed by atoms with Gasteiger partial charge < -0.3 is 14.8 Å². The minimum Gasteiger partial charge on any atom is -0.497 e. The van der Waals surface area contributed by atoms with E-state index in [1.54, 1.807) is 7.11 Å². The van der Waals surface area contributed by atoms with E-state index >= 15 is 0 Å². The molecule has 0 aromatic heterocycles. The molecule has 0 bridgehead atoms. The second kappa shape index (κ2) is 6.76. The van der Waals surface area contributed by atoms with Gasteiger partial charge in [0, 0.05) is 28.9 Å². The zero-order valence-corrected chi connectivity index (χ0v) is 11.5. The van der Waals surface area contributed by atoms with Crippen molar-refractivity contribution in [1.29, 1.82) is 0 Å². The predicted molar refractivity (Wildman–Crippen MR) is 70.3 cm³/mol.